The molecular formula is C13H22N4O2. The minimum Gasteiger partial charge on any atom is -0.465 e. The van der Waals surface area contributed by atoms with Crippen LogP contribution in [0, 0.1) is 0 Å². The average molecular weight is 266 g/mol. The van der Waals surface area contributed by atoms with Gasteiger partial charge in [0.05, 0.1) is 13.2 Å². The summed E-state index contributed by atoms with van der Waals surface area (Å²) in [5.74, 6) is 0. The van der Waals surface area contributed by atoms with Crippen LogP contribution in [0.5, 0.6) is 0 Å². The van der Waals surface area contributed by atoms with Gasteiger partial charge in [-0.05, 0) is 39.5 Å². The van der Waals surface area contributed by atoms with Gasteiger partial charge in [0.25, 0.3) is 12.0 Å². The maximum absolute atomic E-state index is 5.55. The molecule has 0 aromatic rings. The molecule has 2 heterocycles. The molecule has 106 valence electrons. The molecule has 3 rings (SSSR count). The van der Waals surface area contributed by atoms with E-state index in [1.54, 1.807) is 0 Å². The third-order valence-electron chi connectivity index (χ3n) is 4.04. The number of ether oxygens (including phenoxy) is 2. The molecule has 0 radical (unpaired) electrons. The molecule has 0 saturated heterocycles. The van der Waals surface area contributed by atoms with Crippen LogP contribution in [0.1, 0.15) is 46.0 Å². The summed E-state index contributed by atoms with van der Waals surface area (Å²) in [6.07, 6.45) is 5.43. The summed E-state index contributed by atoms with van der Waals surface area (Å²) in [6.45, 7) is 5.15. The molecule has 0 amide bonds. The molecule has 6 heteroatoms. The zero-order valence-electron chi connectivity index (χ0n) is 11.7. The number of nitrogens with zero attached hydrogens (tertiary/aromatic N) is 2. The van der Waals surface area contributed by atoms with E-state index in [4.69, 9.17) is 19.5 Å². The monoisotopic (exact) mass is 266 g/mol. The van der Waals surface area contributed by atoms with E-state index in [1.165, 1.54) is 6.42 Å². The van der Waals surface area contributed by atoms with Gasteiger partial charge in [-0.2, -0.15) is 0 Å². The lowest BCUT2D eigenvalue weighted by Gasteiger charge is -2.33. The fourth-order valence-electron chi connectivity index (χ4n) is 3.20. The van der Waals surface area contributed by atoms with E-state index in [0.29, 0.717) is 25.3 Å². The second-order valence-corrected chi connectivity index (χ2v) is 5.23. The zero-order chi connectivity index (χ0) is 13.3. The van der Waals surface area contributed by atoms with Gasteiger partial charge in [-0.1, -0.05) is 6.42 Å². The molecule has 0 aromatic carbocycles. The predicted octanol–water partition coefficient (Wildman–Crippen LogP) is 1.33. The first-order chi connectivity index (χ1) is 9.24. The maximum atomic E-state index is 5.55. The zero-order valence-corrected chi connectivity index (χ0v) is 11.7. The van der Waals surface area contributed by atoms with Crippen molar-refractivity contribution in [2.24, 2.45) is 9.98 Å². The Hall–Kier alpha value is -1.46. The van der Waals surface area contributed by atoms with E-state index in [0.717, 1.165) is 25.7 Å². The molecule has 19 heavy (non-hydrogen) atoms. The summed E-state index contributed by atoms with van der Waals surface area (Å²) in [4.78, 5) is 9.51. The van der Waals surface area contributed by atoms with E-state index in [1.807, 2.05) is 13.8 Å². The lowest BCUT2D eigenvalue weighted by atomic mass is 9.91. The van der Waals surface area contributed by atoms with Crippen LogP contribution < -0.4 is 10.6 Å². The number of amidine groups is 2. The Labute approximate surface area is 113 Å². The van der Waals surface area contributed by atoms with E-state index in [2.05, 4.69) is 10.6 Å². The van der Waals surface area contributed by atoms with Crippen molar-refractivity contribution in [2.75, 3.05) is 13.2 Å². The Morgan fingerprint density at radius 2 is 1.37 bits per heavy atom. The van der Waals surface area contributed by atoms with E-state index in [-0.39, 0.29) is 0 Å². The van der Waals surface area contributed by atoms with Gasteiger partial charge in [-0.3, -0.25) is 0 Å². The molecule has 0 aromatic heterocycles. The van der Waals surface area contributed by atoms with Gasteiger partial charge in [0.15, 0.2) is 11.3 Å². The number of rotatable bonds is 2. The van der Waals surface area contributed by atoms with Gasteiger partial charge < -0.3 is 20.1 Å². The fourth-order valence-corrected chi connectivity index (χ4v) is 3.20. The van der Waals surface area contributed by atoms with Gasteiger partial charge in [0, 0.05) is 0 Å². The molecule has 1 saturated carbocycles. The number of hydrogen-bond acceptors (Lipinski definition) is 6. The van der Waals surface area contributed by atoms with Gasteiger partial charge in [-0.25, -0.2) is 9.98 Å². The second-order valence-electron chi connectivity index (χ2n) is 5.23. The maximum Gasteiger partial charge on any atom is 0.289 e. The molecule has 3 aliphatic rings. The van der Waals surface area contributed by atoms with Crippen LogP contribution in [-0.4, -0.2) is 36.6 Å². The minimum atomic E-state index is -0.418. The minimum absolute atomic E-state index is 0.418. The Kier molecular flexibility index (Phi) is 3.03. The molecule has 1 aliphatic carbocycles. The molecule has 6 nitrogen and oxygen atoms in total. The highest BCUT2D eigenvalue weighted by molar-refractivity contribution is 5.85. The van der Waals surface area contributed by atoms with Crippen LogP contribution in [0.2, 0.25) is 0 Å². The van der Waals surface area contributed by atoms with Crippen LogP contribution in [0.4, 0.5) is 0 Å². The molecule has 2 atom stereocenters. The summed E-state index contributed by atoms with van der Waals surface area (Å²) < 4.78 is 11.1. The van der Waals surface area contributed by atoms with Crippen molar-refractivity contribution in [1.29, 1.82) is 0 Å². The van der Waals surface area contributed by atoms with E-state index < -0.39 is 11.3 Å². The Morgan fingerprint density at radius 3 is 1.79 bits per heavy atom. The Morgan fingerprint density at radius 1 is 0.895 bits per heavy atom. The highest BCUT2D eigenvalue weighted by atomic mass is 16.5. The highest BCUT2D eigenvalue weighted by Crippen LogP contribution is 2.44. The molecule has 2 N–H and O–H groups in total. The number of nitrogens with one attached hydrogen (secondary N) is 2. The summed E-state index contributed by atoms with van der Waals surface area (Å²) in [5, 5.41) is 6.77. The van der Waals surface area contributed by atoms with Gasteiger partial charge >= 0.3 is 0 Å². The first-order valence-corrected chi connectivity index (χ1v) is 7.25. The second kappa shape index (κ2) is 4.58. The lowest BCUT2D eigenvalue weighted by molar-refractivity contribution is 0.211. The van der Waals surface area contributed by atoms with Gasteiger partial charge in [0.1, 0.15) is 0 Å². The molecule has 1 fully saturated rings. The smallest absolute Gasteiger partial charge is 0.289 e. The van der Waals surface area contributed by atoms with Crippen LogP contribution in [-0.2, 0) is 9.47 Å². The van der Waals surface area contributed by atoms with Crippen LogP contribution in [0.25, 0.3) is 0 Å². The molecule has 2 aliphatic heterocycles. The summed E-state index contributed by atoms with van der Waals surface area (Å²) in [7, 11) is 0. The van der Waals surface area contributed by atoms with Crippen molar-refractivity contribution in [3.63, 3.8) is 0 Å². The molecule has 0 spiro atoms. The van der Waals surface area contributed by atoms with Gasteiger partial charge in [0.2, 0.25) is 0 Å². The SMILES string of the molecule is CCOC1=NC23CCCCCC2(N=C(OCC)N3)N1. The van der Waals surface area contributed by atoms with E-state index >= 15 is 0 Å². The highest BCUT2D eigenvalue weighted by Gasteiger charge is 2.62. The first kappa shape index (κ1) is 12.6. The van der Waals surface area contributed by atoms with Crippen molar-refractivity contribution in [1.82, 2.24) is 10.6 Å². The Balaban J connectivity index is 1.92. The van der Waals surface area contributed by atoms with Gasteiger partial charge in [-0.15, -0.1) is 0 Å². The average Bonchev–Trinajstić information content (AvgIpc) is 2.72. The summed E-state index contributed by atoms with van der Waals surface area (Å²) in [6, 6.07) is 1.22. The molecule has 0 bridgehead atoms. The van der Waals surface area contributed by atoms with Crippen molar-refractivity contribution < 1.29 is 9.47 Å². The van der Waals surface area contributed by atoms with Crippen molar-refractivity contribution in [3.05, 3.63) is 0 Å². The van der Waals surface area contributed by atoms with Crippen molar-refractivity contribution in [3.8, 4) is 0 Å². The molecule has 2 unspecified atom stereocenters. The lowest BCUT2D eigenvalue weighted by Crippen LogP contribution is -2.59. The summed E-state index contributed by atoms with van der Waals surface area (Å²) in [5.41, 5.74) is -0.836. The standard InChI is InChI=1S/C13H22N4O2/c1-3-18-10-14-12-8-6-5-7-9-13(12,15-10)17-11(16-12)19-4-2/h3-9H2,1-2H3,(H,14,15)(H,16,17). The largest absolute Gasteiger partial charge is 0.465 e. The topological polar surface area (TPSA) is 67.2 Å². The quantitative estimate of drug-likeness (QED) is 0.791. The number of hydrogen-bond donors (Lipinski definition) is 2. The van der Waals surface area contributed by atoms with Crippen molar-refractivity contribution >= 4 is 12.0 Å². The number of aliphatic imine (C=N–C) groups is 2. The fraction of sp³-hybridized carbons (Fsp3) is 0.846. The van der Waals surface area contributed by atoms with E-state index in [9.17, 15) is 0 Å². The molecular weight excluding hydrogens is 244 g/mol. The normalized spacial score (nSPS) is 36.1. The Bertz CT molecular complexity index is 385. The van der Waals surface area contributed by atoms with Crippen molar-refractivity contribution in [2.45, 2.75) is 57.3 Å². The third kappa shape index (κ3) is 1.84. The van der Waals surface area contributed by atoms with Crippen LogP contribution in [0.15, 0.2) is 9.98 Å². The third-order valence-corrected chi connectivity index (χ3v) is 4.04. The van der Waals surface area contributed by atoms with Crippen LogP contribution in [0.3, 0.4) is 0 Å². The first-order valence-electron chi connectivity index (χ1n) is 7.25. The predicted molar refractivity (Wildman–Crippen MR) is 72.9 cm³/mol. The summed E-state index contributed by atoms with van der Waals surface area (Å²) >= 11 is 0. The van der Waals surface area contributed by atoms with Crippen LogP contribution >= 0.6 is 0 Å².